The van der Waals surface area contributed by atoms with E-state index in [9.17, 15) is 4.79 Å². The van der Waals surface area contributed by atoms with Crippen molar-refractivity contribution in [1.29, 1.82) is 0 Å². The number of pyridine rings is 2. The van der Waals surface area contributed by atoms with E-state index in [0.717, 1.165) is 57.3 Å². The van der Waals surface area contributed by atoms with Gasteiger partial charge in [0.1, 0.15) is 5.60 Å². The van der Waals surface area contributed by atoms with Gasteiger partial charge in [0.15, 0.2) is 5.65 Å². The number of ether oxygens (including phenoxy) is 2. The standard InChI is InChI=1S/C32H32N4O3S/c1-32(2,3)39-31(37)24-10-8-23(9-11-24)27-13-14-28(35-16-18-38-19-17-35)30-33-25(20-36(27)30)21-40-29-15-12-22-6-4-5-7-26(22)34-29/h4-15,20H,16-19,21H2,1-3H3. The zero-order chi connectivity index (χ0) is 27.7. The van der Waals surface area contributed by atoms with Crippen molar-refractivity contribution in [2.24, 2.45) is 0 Å². The van der Waals surface area contributed by atoms with Gasteiger partial charge in [0.2, 0.25) is 0 Å². The van der Waals surface area contributed by atoms with Crippen LogP contribution in [0.2, 0.25) is 0 Å². The van der Waals surface area contributed by atoms with E-state index in [-0.39, 0.29) is 5.97 Å². The Labute approximate surface area is 238 Å². The molecule has 0 atom stereocenters. The second-order valence-corrected chi connectivity index (χ2v) is 11.8. The van der Waals surface area contributed by atoms with Gasteiger partial charge in [0.05, 0.1) is 46.4 Å². The summed E-state index contributed by atoms with van der Waals surface area (Å²) in [5.74, 6) is 0.378. The smallest absolute Gasteiger partial charge is 0.338 e. The zero-order valence-corrected chi connectivity index (χ0v) is 23.8. The molecule has 8 heteroatoms. The number of hydrogen-bond donors (Lipinski definition) is 0. The third-order valence-electron chi connectivity index (χ3n) is 6.75. The summed E-state index contributed by atoms with van der Waals surface area (Å²) in [5, 5.41) is 2.11. The highest BCUT2D eigenvalue weighted by molar-refractivity contribution is 7.98. The number of carbonyl (C=O) groups is 1. The van der Waals surface area contributed by atoms with Crippen molar-refractivity contribution < 1.29 is 14.3 Å². The molecule has 0 spiro atoms. The number of rotatable bonds is 6. The number of nitrogens with zero attached hydrogens (tertiary/aromatic N) is 4. The predicted octanol–water partition coefficient (Wildman–Crippen LogP) is 6.63. The maximum atomic E-state index is 12.5. The van der Waals surface area contributed by atoms with Crippen LogP contribution in [0.3, 0.4) is 0 Å². The number of para-hydroxylation sites is 1. The Balaban J connectivity index is 1.32. The van der Waals surface area contributed by atoms with Crippen LogP contribution in [0.15, 0.2) is 84.0 Å². The molecule has 3 aromatic heterocycles. The Morgan fingerprint density at radius 2 is 1.73 bits per heavy atom. The second kappa shape index (κ2) is 10.9. The minimum atomic E-state index is -0.537. The molecule has 0 bridgehead atoms. The van der Waals surface area contributed by atoms with Crippen LogP contribution in [0.1, 0.15) is 36.8 Å². The second-order valence-electron chi connectivity index (χ2n) is 10.8. The first kappa shape index (κ1) is 26.3. The Hall–Kier alpha value is -3.88. The SMILES string of the molecule is CC(C)(C)OC(=O)c1ccc(-c2ccc(N3CCOCC3)c3nc(CSc4ccc5ccccc5n4)cn23)cc1. The molecule has 7 nitrogen and oxygen atoms in total. The number of aromatic nitrogens is 3. The first-order valence-corrected chi connectivity index (χ1v) is 14.5. The summed E-state index contributed by atoms with van der Waals surface area (Å²) >= 11 is 1.68. The summed E-state index contributed by atoms with van der Waals surface area (Å²) in [6.07, 6.45) is 2.12. The number of hydrogen-bond acceptors (Lipinski definition) is 7. The van der Waals surface area contributed by atoms with Crippen LogP contribution in [0.5, 0.6) is 0 Å². The number of imidazole rings is 1. The zero-order valence-electron chi connectivity index (χ0n) is 23.0. The number of carbonyl (C=O) groups excluding carboxylic acids is 1. The van der Waals surface area contributed by atoms with Crippen LogP contribution in [-0.2, 0) is 15.2 Å². The van der Waals surface area contributed by atoms with Crippen molar-refractivity contribution in [3.05, 3.63) is 90.3 Å². The molecule has 0 saturated carbocycles. The monoisotopic (exact) mass is 552 g/mol. The Kier molecular flexibility index (Phi) is 7.21. The molecule has 4 heterocycles. The summed E-state index contributed by atoms with van der Waals surface area (Å²) in [7, 11) is 0. The van der Waals surface area contributed by atoms with Crippen LogP contribution in [0.4, 0.5) is 5.69 Å². The lowest BCUT2D eigenvalue weighted by Crippen LogP contribution is -2.36. The lowest BCUT2D eigenvalue weighted by atomic mass is 10.1. The lowest BCUT2D eigenvalue weighted by molar-refractivity contribution is 0.00695. The maximum Gasteiger partial charge on any atom is 0.338 e. The van der Waals surface area contributed by atoms with Gasteiger partial charge >= 0.3 is 5.97 Å². The van der Waals surface area contributed by atoms with Crippen LogP contribution in [0.25, 0.3) is 27.8 Å². The van der Waals surface area contributed by atoms with Crippen LogP contribution >= 0.6 is 11.8 Å². The summed E-state index contributed by atoms with van der Waals surface area (Å²) in [4.78, 5) is 24.8. The molecule has 2 aromatic carbocycles. The fourth-order valence-corrected chi connectivity index (χ4v) is 5.61. The van der Waals surface area contributed by atoms with Crippen molar-refractivity contribution in [2.45, 2.75) is 37.2 Å². The highest BCUT2D eigenvalue weighted by Crippen LogP contribution is 2.31. The Morgan fingerprint density at radius 1 is 0.950 bits per heavy atom. The Morgan fingerprint density at radius 3 is 2.50 bits per heavy atom. The molecule has 0 unspecified atom stereocenters. The van der Waals surface area contributed by atoms with E-state index in [1.54, 1.807) is 11.8 Å². The lowest BCUT2D eigenvalue weighted by Gasteiger charge is -2.29. The molecule has 1 aliphatic rings. The van der Waals surface area contributed by atoms with Crippen molar-refractivity contribution in [1.82, 2.24) is 14.4 Å². The molecule has 5 aromatic rings. The third kappa shape index (κ3) is 5.69. The quantitative estimate of drug-likeness (QED) is 0.173. The maximum absolute atomic E-state index is 12.5. The molecular formula is C32H32N4O3S. The van der Waals surface area contributed by atoms with E-state index in [1.807, 2.05) is 63.2 Å². The molecule has 1 saturated heterocycles. The largest absolute Gasteiger partial charge is 0.456 e. The molecule has 40 heavy (non-hydrogen) atoms. The molecule has 1 fully saturated rings. The van der Waals surface area contributed by atoms with Gasteiger partial charge in [-0.05, 0) is 62.7 Å². The van der Waals surface area contributed by atoms with Crippen molar-refractivity contribution in [3.8, 4) is 11.3 Å². The molecule has 0 aliphatic carbocycles. The van der Waals surface area contributed by atoms with Gasteiger partial charge in [0, 0.05) is 30.4 Å². The van der Waals surface area contributed by atoms with Crippen molar-refractivity contribution >= 4 is 40.0 Å². The van der Waals surface area contributed by atoms with Crippen LogP contribution in [0, 0.1) is 0 Å². The summed E-state index contributed by atoms with van der Waals surface area (Å²) in [6, 6.07) is 24.2. The van der Waals surface area contributed by atoms with Gasteiger partial charge in [-0.15, -0.1) is 0 Å². The van der Waals surface area contributed by atoms with Gasteiger partial charge in [-0.3, -0.25) is 4.40 Å². The van der Waals surface area contributed by atoms with Crippen molar-refractivity contribution in [2.75, 3.05) is 31.2 Å². The topological polar surface area (TPSA) is 69.0 Å². The average molecular weight is 553 g/mol. The number of fused-ring (bicyclic) bond motifs is 2. The molecule has 0 amide bonds. The number of morpholine rings is 1. The van der Waals surface area contributed by atoms with Crippen LogP contribution < -0.4 is 4.90 Å². The fourth-order valence-electron chi connectivity index (χ4n) is 4.85. The third-order valence-corrected chi connectivity index (χ3v) is 7.71. The number of thioether (sulfide) groups is 1. The van der Waals surface area contributed by atoms with Gasteiger partial charge in [-0.2, -0.15) is 0 Å². The predicted molar refractivity (Wildman–Crippen MR) is 160 cm³/mol. The highest BCUT2D eigenvalue weighted by Gasteiger charge is 2.20. The van der Waals surface area contributed by atoms with Gasteiger partial charge < -0.3 is 14.4 Å². The molecule has 0 N–H and O–H groups in total. The van der Waals surface area contributed by atoms with Gasteiger partial charge in [-0.25, -0.2) is 14.8 Å². The van der Waals surface area contributed by atoms with E-state index in [4.69, 9.17) is 19.4 Å². The van der Waals surface area contributed by atoms with E-state index in [1.165, 1.54) is 0 Å². The summed E-state index contributed by atoms with van der Waals surface area (Å²) < 4.78 is 13.3. The van der Waals surface area contributed by atoms with E-state index in [0.29, 0.717) is 24.5 Å². The summed E-state index contributed by atoms with van der Waals surface area (Å²) in [5.41, 5.74) is 5.99. The Bertz CT molecular complexity index is 1670. The van der Waals surface area contributed by atoms with Gasteiger partial charge in [0.25, 0.3) is 0 Å². The average Bonchev–Trinajstić information content (AvgIpc) is 3.39. The number of anilines is 1. The van der Waals surface area contributed by atoms with E-state index in [2.05, 4.69) is 45.8 Å². The first-order valence-electron chi connectivity index (χ1n) is 13.5. The number of benzene rings is 2. The van der Waals surface area contributed by atoms with Crippen molar-refractivity contribution in [3.63, 3.8) is 0 Å². The fraction of sp³-hybridized carbons (Fsp3) is 0.281. The number of esters is 1. The first-order chi connectivity index (χ1) is 19.3. The van der Waals surface area contributed by atoms with Crippen LogP contribution in [-0.4, -0.2) is 52.2 Å². The normalized spacial score (nSPS) is 14.1. The molecular weight excluding hydrogens is 520 g/mol. The van der Waals surface area contributed by atoms with Gasteiger partial charge in [-0.1, -0.05) is 48.2 Å². The summed E-state index contributed by atoms with van der Waals surface area (Å²) in [6.45, 7) is 8.69. The molecule has 204 valence electrons. The highest BCUT2D eigenvalue weighted by atomic mass is 32.2. The molecule has 0 radical (unpaired) electrons. The van der Waals surface area contributed by atoms with E-state index < -0.39 is 5.60 Å². The molecule has 6 rings (SSSR count). The minimum absolute atomic E-state index is 0.323. The minimum Gasteiger partial charge on any atom is -0.456 e. The van der Waals surface area contributed by atoms with E-state index >= 15 is 0 Å². The molecule has 1 aliphatic heterocycles.